The van der Waals surface area contributed by atoms with Crippen molar-refractivity contribution >= 4 is 22.6 Å². The number of aryl methyl sites for hydroxylation is 1. The summed E-state index contributed by atoms with van der Waals surface area (Å²) < 4.78 is 14.6. The molecule has 5 rings (SSSR count). The number of nitrogens with zero attached hydrogens (tertiary/aromatic N) is 5. The Balaban J connectivity index is 0.00000190. The fourth-order valence-electron chi connectivity index (χ4n) is 4.52. The smallest absolute Gasteiger partial charge is 0.270 e. The van der Waals surface area contributed by atoms with Gasteiger partial charge in [0.15, 0.2) is 11.5 Å². The van der Waals surface area contributed by atoms with Gasteiger partial charge in [0.05, 0.1) is 11.2 Å². The first-order valence-electron chi connectivity index (χ1n) is 11.8. The monoisotopic (exact) mass is 479 g/mol. The number of amides is 1. The molecule has 1 saturated heterocycles. The Morgan fingerprint density at radius 3 is 2.71 bits per heavy atom. The summed E-state index contributed by atoms with van der Waals surface area (Å²) in [4.78, 5) is 39.6. The summed E-state index contributed by atoms with van der Waals surface area (Å²) in [5, 5.41) is 12.6. The average Bonchev–Trinajstić information content (AvgIpc) is 2.83. The van der Waals surface area contributed by atoms with Crippen molar-refractivity contribution in [1.29, 1.82) is 5.26 Å². The second-order valence-corrected chi connectivity index (χ2v) is 9.17. The van der Waals surface area contributed by atoms with Gasteiger partial charge in [0.25, 0.3) is 11.5 Å². The van der Waals surface area contributed by atoms with E-state index in [0.29, 0.717) is 43.9 Å². The van der Waals surface area contributed by atoms with E-state index < -0.39 is 5.82 Å². The van der Waals surface area contributed by atoms with Gasteiger partial charge in [-0.1, -0.05) is 0 Å². The quantitative estimate of drug-likeness (QED) is 0.578. The zero-order valence-electron chi connectivity index (χ0n) is 19.5. The molecule has 0 unspecified atom stereocenters. The number of rotatable bonds is 5. The van der Waals surface area contributed by atoms with Crippen molar-refractivity contribution in [2.45, 2.75) is 38.8 Å². The maximum absolute atomic E-state index is 14.6. The minimum absolute atomic E-state index is 0. The molecule has 0 bridgehead atoms. The number of aromatic amines is 1. The molecule has 2 aromatic heterocycles. The number of pyridine rings is 1. The number of nitrogens with one attached hydrogen (secondary N) is 2. The summed E-state index contributed by atoms with van der Waals surface area (Å²) in [6, 6.07) is 9.03. The number of aromatic nitrogens is 3. The normalized spacial score (nSPS) is 16.7. The van der Waals surface area contributed by atoms with Crippen molar-refractivity contribution in [3.63, 3.8) is 0 Å². The van der Waals surface area contributed by atoms with Crippen LogP contribution in [0, 0.1) is 24.1 Å². The van der Waals surface area contributed by atoms with Gasteiger partial charge in [-0.25, -0.2) is 14.4 Å². The number of carbonyl (C=O) groups is 1. The molecule has 1 aliphatic carbocycles. The number of piperazine rings is 1. The highest BCUT2D eigenvalue weighted by atomic mass is 19.1. The SMILES string of the molecule is Cc1nc2c(F)cc(CN3CCN(c4ccc(C(=O)NC5CCC5)nc4C#N)CC3)cc2[nH]c1=O.[HH].[HH]. The Bertz CT molecular complexity index is 1400. The number of hydrogen-bond acceptors (Lipinski definition) is 7. The summed E-state index contributed by atoms with van der Waals surface area (Å²) in [5.41, 5.74) is 2.43. The lowest BCUT2D eigenvalue weighted by atomic mass is 9.93. The highest BCUT2D eigenvalue weighted by Crippen LogP contribution is 2.23. The Hall–Kier alpha value is -3.84. The number of halogens is 1. The third kappa shape index (κ3) is 4.72. The zero-order valence-corrected chi connectivity index (χ0v) is 19.5. The van der Waals surface area contributed by atoms with E-state index in [9.17, 15) is 19.2 Å². The Morgan fingerprint density at radius 2 is 2.03 bits per heavy atom. The minimum Gasteiger partial charge on any atom is -0.367 e. The van der Waals surface area contributed by atoms with Crippen LogP contribution in [0.4, 0.5) is 10.1 Å². The van der Waals surface area contributed by atoms with Gasteiger partial charge >= 0.3 is 0 Å². The summed E-state index contributed by atoms with van der Waals surface area (Å²) in [5.74, 6) is -0.696. The van der Waals surface area contributed by atoms with Gasteiger partial charge in [-0.3, -0.25) is 14.5 Å². The first kappa shape index (κ1) is 22.9. The molecule has 10 heteroatoms. The van der Waals surface area contributed by atoms with E-state index in [2.05, 4.69) is 36.1 Å². The average molecular weight is 480 g/mol. The molecular weight excluding hydrogens is 449 g/mol. The molecule has 0 radical (unpaired) electrons. The van der Waals surface area contributed by atoms with Crippen LogP contribution in [0.3, 0.4) is 0 Å². The van der Waals surface area contributed by atoms with E-state index >= 15 is 0 Å². The number of nitriles is 1. The number of H-pyrrole nitrogens is 1. The minimum atomic E-state index is -0.457. The second-order valence-electron chi connectivity index (χ2n) is 9.17. The number of carbonyl (C=O) groups excluding carboxylic acids is 1. The van der Waals surface area contributed by atoms with Gasteiger partial charge < -0.3 is 15.2 Å². The van der Waals surface area contributed by atoms with Crippen LogP contribution in [0.1, 0.15) is 49.6 Å². The summed E-state index contributed by atoms with van der Waals surface area (Å²) in [6.07, 6.45) is 3.10. The fourth-order valence-corrected chi connectivity index (χ4v) is 4.52. The van der Waals surface area contributed by atoms with E-state index in [1.165, 1.54) is 6.07 Å². The third-order valence-electron chi connectivity index (χ3n) is 6.75. The molecule has 1 saturated carbocycles. The number of hydrogen-bond donors (Lipinski definition) is 2. The van der Waals surface area contributed by atoms with E-state index in [0.717, 1.165) is 24.8 Å². The largest absolute Gasteiger partial charge is 0.367 e. The van der Waals surface area contributed by atoms with Gasteiger partial charge in [-0.2, -0.15) is 5.26 Å². The lowest BCUT2D eigenvalue weighted by Gasteiger charge is -2.36. The fraction of sp³-hybridized carbons (Fsp3) is 0.400. The predicted molar refractivity (Wildman–Crippen MR) is 133 cm³/mol. The molecular formula is C25H30FN7O2. The second kappa shape index (κ2) is 9.43. The molecule has 0 atom stereocenters. The first-order chi connectivity index (χ1) is 16.9. The van der Waals surface area contributed by atoms with Gasteiger partial charge in [0, 0.05) is 41.6 Å². The Morgan fingerprint density at radius 1 is 1.26 bits per heavy atom. The van der Waals surface area contributed by atoms with Crippen LogP contribution >= 0.6 is 0 Å². The molecule has 3 aromatic rings. The van der Waals surface area contributed by atoms with Crippen LogP contribution < -0.4 is 15.8 Å². The van der Waals surface area contributed by atoms with Crippen LogP contribution in [0.5, 0.6) is 0 Å². The maximum Gasteiger partial charge on any atom is 0.270 e. The van der Waals surface area contributed by atoms with Crippen LogP contribution in [-0.4, -0.2) is 58.0 Å². The highest BCUT2D eigenvalue weighted by Gasteiger charge is 2.24. The summed E-state index contributed by atoms with van der Waals surface area (Å²) in [7, 11) is 0. The molecule has 2 aliphatic rings. The van der Waals surface area contributed by atoms with E-state index in [1.54, 1.807) is 25.1 Å². The van der Waals surface area contributed by atoms with E-state index in [4.69, 9.17) is 0 Å². The zero-order chi connectivity index (χ0) is 24.5. The Kier molecular flexibility index (Phi) is 6.17. The van der Waals surface area contributed by atoms with Crippen molar-refractivity contribution in [2.75, 3.05) is 31.1 Å². The van der Waals surface area contributed by atoms with Crippen molar-refractivity contribution in [3.05, 3.63) is 63.1 Å². The summed E-state index contributed by atoms with van der Waals surface area (Å²) in [6.45, 7) is 4.82. The number of anilines is 1. The van der Waals surface area contributed by atoms with Crippen LogP contribution in [0.2, 0.25) is 0 Å². The predicted octanol–water partition coefficient (Wildman–Crippen LogP) is 2.73. The molecule has 2 fully saturated rings. The van der Waals surface area contributed by atoms with Crippen molar-refractivity contribution < 1.29 is 12.0 Å². The van der Waals surface area contributed by atoms with Gasteiger partial charge in [0.1, 0.15) is 23.0 Å². The molecule has 0 spiro atoms. The van der Waals surface area contributed by atoms with Crippen molar-refractivity contribution in [1.82, 2.24) is 25.2 Å². The van der Waals surface area contributed by atoms with Crippen LogP contribution in [0.15, 0.2) is 29.1 Å². The summed E-state index contributed by atoms with van der Waals surface area (Å²) >= 11 is 0. The van der Waals surface area contributed by atoms with Crippen LogP contribution in [-0.2, 0) is 6.54 Å². The lowest BCUT2D eigenvalue weighted by Crippen LogP contribution is -2.46. The molecule has 35 heavy (non-hydrogen) atoms. The van der Waals surface area contributed by atoms with Gasteiger partial charge in [-0.05, 0) is 56.0 Å². The molecule has 1 aliphatic heterocycles. The molecule has 184 valence electrons. The molecule has 1 aromatic carbocycles. The maximum atomic E-state index is 14.6. The molecule has 9 nitrogen and oxygen atoms in total. The molecule has 2 N–H and O–H groups in total. The standard InChI is InChI=1S/C25H26FN7O2.2H2/c1-15-24(34)31-20-12-16(11-18(26)23(20)28-15)14-32-7-9-33(10-8-32)22-6-5-19(30-21(22)13-27)25(35)29-17-3-2-4-17;;/h5-6,11-12,17H,2-4,7-10,14H2,1H3,(H,29,35)(H,31,34);2*1H. The van der Waals surface area contributed by atoms with E-state index in [-0.39, 0.29) is 43.0 Å². The third-order valence-corrected chi connectivity index (χ3v) is 6.75. The van der Waals surface area contributed by atoms with Crippen molar-refractivity contribution in [3.8, 4) is 6.07 Å². The van der Waals surface area contributed by atoms with E-state index in [1.807, 2.05) is 0 Å². The first-order valence-corrected chi connectivity index (χ1v) is 11.8. The molecule has 1 amide bonds. The highest BCUT2D eigenvalue weighted by molar-refractivity contribution is 5.93. The van der Waals surface area contributed by atoms with Gasteiger partial charge in [-0.15, -0.1) is 0 Å². The van der Waals surface area contributed by atoms with Crippen molar-refractivity contribution in [2.24, 2.45) is 0 Å². The Labute approximate surface area is 204 Å². The topological polar surface area (TPSA) is 118 Å². The van der Waals surface area contributed by atoms with Crippen LogP contribution in [0.25, 0.3) is 11.0 Å². The van der Waals surface area contributed by atoms with Gasteiger partial charge in [0.2, 0.25) is 0 Å². The molecule has 3 heterocycles. The number of benzene rings is 1. The lowest BCUT2D eigenvalue weighted by molar-refractivity contribution is 0.0912. The number of fused-ring (bicyclic) bond motifs is 1.